The van der Waals surface area contributed by atoms with Crippen LogP contribution in [-0.2, 0) is 12.8 Å². The Bertz CT molecular complexity index is 1280. The molecular formula is C52H87NO5. The van der Waals surface area contributed by atoms with Gasteiger partial charge >= 0.3 is 0 Å². The minimum Gasteiger partial charge on any atom is -0.390 e. The molecule has 1 aromatic rings. The third-order valence-electron chi connectivity index (χ3n) is 17.7. The summed E-state index contributed by atoms with van der Waals surface area (Å²) in [5.74, 6) is 2.64. The summed E-state index contributed by atoms with van der Waals surface area (Å²) in [5.41, 5.74) is 1.26. The summed E-state index contributed by atoms with van der Waals surface area (Å²) in [7, 11) is 0. The fourth-order valence-corrected chi connectivity index (χ4v) is 13.8. The molecule has 58 heavy (non-hydrogen) atoms. The van der Waals surface area contributed by atoms with Gasteiger partial charge < -0.3 is 30.8 Å². The normalized spacial score (nSPS) is 30.6. The van der Waals surface area contributed by atoms with Gasteiger partial charge in [0.15, 0.2) is 0 Å². The number of nitrogens with one attached hydrogen (secondary N) is 1. The van der Waals surface area contributed by atoms with Gasteiger partial charge in [-0.05, 0) is 157 Å². The van der Waals surface area contributed by atoms with Gasteiger partial charge in [0, 0.05) is 18.9 Å². The smallest absolute Gasteiger partial charge is 0.0880 e. The Morgan fingerprint density at radius 1 is 0.345 bits per heavy atom. The van der Waals surface area contributed by atoms with Crippen molar-refractivity contribution in [2.75, 3.05) is 6.54 Å². The molecule has 1 atom stereocenters. The van der Waals surface area contributed by atoms with Crippen LogP contribution in [0.25, 0.3) is 0 Å². The highest BCUT2D eigenvalue weighted by atomic mass is 16.3. The van der Waals surface area contributed by atoms with E-state index in [-0.39, 0.29) is 22.4 Å². The van der Waals surface area contributed by atoms with Gasteiger partial charge in [0.2, 0.25) is 0 Å². The SMILES string of the molecule is OC1(C2CCCC2)CC1.OC1(C2CCCC2)CCCC1.OC1(C2CCCC2)CCCC1.OC1(C2CCCC2)CCCCC1.OC1([C@@H]2CCCN2)Cc2ccccc2C1. The van der Waals surface area contributed by atoms with E-state index < -0.39 is 5.60 Å². The zero-order valence-electron chi connectivity index (χ0n) is 36.9. The minimum absolute atomic E-state index is 0.170. The second-order valence-electron chi connectivity index (χ2n) is 21.7. The van der Waals surface area contributed by atoms with Crippen molar-refractivity contribution >= 4 is 0 Å². The lowest BCUT2D eigenvalue weighted by Crippen LogP contribution is -2.48. The quantitative estimate of drug-likeness (QED) is 0.177. The van der Waals surface area contributed by atoms with E-state index in [4.69, 9.17) is 0 Å². The highest BCUT2D eigenvalue weighted by molar-refractivity contribution is 5.36. The Morgan fingerprint density at radius 3 is 0.948 bits per heavy atom. The molecule has 9 aliphatic carbocycles. The van der Waals surface area contributed by atoms with Crippen molar-refractivity contribution in [2.45, 2.75) is 259 Å². The average molecular weight is 806 g/mol. The van der Waals surface area contributed by atoms with Crippen LogP contribution in [0.2, 0.25) is 0 Å². The summed E-state index contributed by atoms with van der Waals surface area (Å²) >= 11 is 0. The lowest BCUT2D eigenvalue weighted by Gasteiger charge is -2.37. The van der Waals surface area contributed by atoms with Crippen LogP contribution >= 0.6 is 0 Å². The highest BCUT2D eigenvalue weighted by Gasteiger charge is 2.48. The molecule has 1 aliphatic heterocycles. The summed E-state index contributed by atoms with van der Waals surface area (Å²) in [4.78, 5) is 0. The van der Waals surface area contributed by atoms with Gasteiger partial charge in [-0.1, -0.05) is 121 Å². The predicted octanol–water partition coefficient (Wildman–Crippen LogP) is 10.8. The summed E-state index contributed by atoms with van der Waals surface area (Å²) in [5, 5.41) is 54.5. The van der Waals surface area contributed by atoms with E-state index in [2.05, 4.69) is 29.6 Å². The maximum absolute atomic E-state index is 10.6. The van der Waals surface area contributed by atoms with Crippen LogP contribution < -0.4 is 5.32 Å². The van der Waals surface area contributed by atoms with E-state index in [1.165, 1.54) is 165 Å². The number of hydrogen-bond donors (Lipinski definition) is 6. The first kappa shape index (κ1) is 45.0. The molecule has 0 amide bonds. The molecule has 1 saturated heterocycles. The molecule has 9 fully saturated rings. The van der Waals surface area contributed by atoms with E-state index in [1.54, 1.807) is 0 Å². The van der Waals surface area contributed by atoms with Gasteiger partial charge in [0.05, 0.1) is 28.0 Å². The molecule has 0 unspecified atom stereocenters. The molecule has 6 nitrogen and oxygen atoms in total. The predicted molar refractivity (Wildman–Crippen MR) is 237 cm³/mol. The van der Waals surface area contributed by atoms with Crippen molar-refractivity contribution in [3.05, 3.63) is 35.4 Å². The first-order valence-electron chi connectivity index (χ1n) is 25.4. The first-order valence-corrected chi connectivity index (χ1v) is 25.4. The molecule has 11 rings (SSSR count). The molecule has 0 aromatic heterocycles. The molecule has 10 aliphatic rings. The summed E-state index contributed by atoms with van der Waals surface area (Å²) in [6.07, 6.45) is 42.6. The van der Waals surface area contributed by atoms with Crippen LogP contribution in [0.1, 0.15) is 223 Å². The topological polar surface area (TPSA) is 113 Å². The van der Waals surface area contributed by atoms with Gasteiger partial charge in [-0.15, -0.1) is 0 Å². The maximum Gasteiger partial charge on any atom is 0.0880 e. The Kier molecular flexibility index (Phi) is 15.9. The number of hydrogen-bond acceptors (Lipinski definition) is 6. The third kappa shape index (κ3) is 11.5. The fraction of sp³-hybridized carbons (Fsp3) is 0.885. The van der Waals surface area contributed by atoms with Crippen LogP contribution in [0.3, 0.4) is 0 Å². The van der Waals surface area contributed by atoms with Crippen molar-refractivity contribution in [3.8, 4) is 0 Å². The Balaban J connectivity index is 0.000000111. The van der Waals surface area contributed by atoms with E-state index in [1.807, 2.05) is 0 Å². The Hall–Kier alpha value is -1.02. The highest BCUT2D eigenvalue weighted by Crippen LogP contribution is 2.49. The molecule has 6 heteroatoms. The lowest BCUT2D eigenvalue weighted by molar-refractivity contribution is -0.0469. The van der Waals surface area contributed by atoms with Gasteiger partial charge in [-0.2, -0.15) is 0 Å². The van der Waals surface area contributed by atoms with Crippen molar-refractivity contribution in [3.63, 3.8) is 0 Å². The molecule has 6 N–H and O–H groups in total. The van der Waals surface area contributed by atoms with E-state index in [0.717, 1.165) is 77.2 Å². The number of fused-ring (bicyclic) bond motifs is 1. The zero-order chi connectivity index (χ0) is 40.5. The fourth-order valence-electron chi connectivity index (χ4n) is 13.8. The monoisotopic (exact) mass is 806 g/mol. The first-order chi connectivity index (χ1) is 28.0. The second-order valence-corrected chi connectivity index (χ2v) is 21.7. The molecule has 1 aromatic carbocycles. The molecule has 1 heterocycles. The average Bonchev–Trinajstić information content (AvgIpc) is 4.07. The van der Waals surface area contributed by atoms with Gasteiger partial charge in [-0.3, -0.25) is 0 Å². The Morgan fingerprint density at radius 2 is 0.655 bits per heavy atom. The van der Waals surface area contributed by atoms with Crippen LogP contribution in [0.5, 0.6) is 0 Å². The number of aliphatic hydroxyl groups is 5. The van der Waals surface area contributed by atoms with Crippen molar-refractivity contribution < 1.29 is 25.5 Å². The van der Waals surface area contributed by atoms with Crippen molar-refractivity contribution in [1.82, 2.24) is 5.32 Å². The lowest BCUT2D eigenvalue weighted by atomic mass is 9.75. The summed E-state index contributed by atoms with van der Waals surface area (Å²) in [6.45, 7) is 1.06. The van der Waals surface area contributed by atoms with Crippen LogP contribution in [-0.4, -0.2) is 66.1 Å². The molecule has 0 bridgehead atoms. The zero-order valence-corrected chi connectivity index (χ0v) is 36.9. The number of benzene rings is 1. The standard InChI is InChI=1S/C13H17NO.C11H20O.2C10H18O.C8H14O/c15-13(12-6-3-7-14-12)8-10-4-1-2-5-11(10)9-13;12-11(8-4-1-5-9-11)10-6-2-3-7-10;2*11-10(7-3-4-8-10)9-5-1-2-6-9;9-8(5-6-8)7-3-1-2-4-7/h1-2,4-5,12,14-15H,3,6-9H2;10,12H,1-9H2;2*9,11H,1-8H2;7,9H,1-6H2/t12-;;;;/m0..../s1. The molecule has 0 spiro atoms. The Labute approximate surface area is 354 Å². The summed E-state index contributed by atoms with van der Waals surface area (Å²) < 4.78 is 0. The van der Waals surface area contributed by atoms with Crippen molar-refractivity contribution in [1.29, 1.82) is 0 Å². The van der Waals surface area contributed by atoms with Crippen LogP contribution in [0.4, 0.5) is 0 Å². The van der Waals surface area contributed by atoms with E-state index >= 15 is 0 Å². The van der Waals surface area contributed by atoms with Gasteiger partial charge in [0.1, 0.15) is 0 Å². The maximum atomic E-state index is 10.6. The molecular weight excluding hydrogens is 719 g/mol. The van der Waals surface area contributed by atoms with Gasteiger partial charge in [0.25, 0.3) is 0 Å². The van der Waals surface area contributed by atoms with Crippen LogP contribution in [0, 0.1) is 23.7 Å². The largest absolute Gasteiger partial charge is 0.390 e. The van der Waals surface area contributed by atoms with E-state index in [9.17, 15) is 25.5 Å². The molecule has 330 valence electrons. The minimum atomic E-state index is -0.528. The summed E-state index contributed by atoms with van der Waals surface area (Å²) in [6, 6.07) is 8.70. The number of rotatable bonds is 5. The van der Waals surface area contributed by atoms with E-state index in [0.29, 0.717) is 29.7 Å². The van der Waals surface area contributed by atoms with Crippen LogP contribution in [0.15, 0.2) is 24.3 Å². The van der Waals surface area contributed by atoms with Gasteiger partial charge in [-0.25, -0.2) is 0 Å². The molecule has 0 radical (unpaired) electrons. The van der Waals surface area contributed by atoms with Crippen molar-refractivity contribution in [2.24, 2.45) is 23.7 Å². The third-order valence-corrected chi connectivity index (χ3v) is 17.7. The molecule has 8 saturated carbocycles. The second kappa shape index (κ2) is 20.4.